The van der Waals surface area contributed by atoms with Crippen LogP contribution in [0.2, 0.25) is 0 Å². The van der Waals surface area contributed by atoms with Crippen molar-refractivity contribution in [1.29, 1.82) is 5.26 Å². The molecule has 0 saturated carbocycles. The van der Waals surface area contributed by atoms with Gasteiger partial charge >= 0.3 is 0 Å². The van der Waals surface area contributed by atoms with Gasteiger partial charge < -0.3 is 0 Å². The van der Waals surface area contributed by atoms with E-state index in [2.05, 4.69) is 10.1 Å². The van der Waals surface area contributed by atoms with Crippen LogP contribution in [0.3, 0.4) is 0 Å². The Hall–Kier alpha value is -2.82. The van der Waals surface area contributed by atoms with Crippen LogP contribution in [0, 0.1) is 27.3 Å². The lowest BCUT2D eigenvalue weighted by Crippen LogP contribution is -2.04. The molecule has 2 rings (SSSR count). The zero-order chi connectivity index (χ0) is 13.1. The Labute approximate surface area is 100 Å². The van der Waals surface area contributed by atoms with Crippen molar-refractivity contribution in [2.45, 2.75) is 6.54 Å². The van der Waals surface area contributed by atoms with E-state index in [1.807, 2.05) is 0 Å². The third kappa shape index (κ3) is 2.30. The highest BCUT2D eigenvalue weighted by molar-refractivity contribution is 5.40. The van der Waals surface area contributed by atoms with Crippen LogP contribution in [0.5, 0.6) is 0 Å². The van der Waals surface area contributed by atoms with E-state index in [0.717, 1.165) is 18.2 Å². The maximum absolute atomic E-state index is 13.1. The second-order valence-corrected chi connectivity index (χ2v) is 3.41. The van der Waals surface area contributed by atoms with Crippen molar-refractivity contribution in [3.05, 3.63) is 51.8 Å². The van der Waals surface area contributed by atoms with Crippen molar-refractivity contribution >= 4 is 5.69 Å². The lowest BCUT2D eigenvalue weighted by molar-refractivity contribution is -0.385. The van der Waals surface area contributed by atoms with Gasteiger partial charge in [0.05, 0.1) is 17.0 Å². The van der Waals surface area contributed by atoms with Crippen LogP contribution in [0.15, 0.2) is 24.5 Å². The van der Waals surface area contributed by atoms with Crippen molar-refractivity contribution in [2.75, 3.05) is 0 Å². The number of nitrogens with zero attached hydrogens (tertiary/aromatic N) is 5. The van der Waals surface area contributed by atoms with Crippen molar-refractivity contribution in [3.8, 4) is 6.07 Å². The van der Waals surface area contributed by atoms with Gasteiger partial charge in [-0.3, -0.25) is 10.1 Å². The summed E-state index contributed by atoms with van der Waals surface area (Å²) >= 11 is 0. The van der Waals surface area contributed by atoms with Gasteiger partial charge in [-0.15, -0.1) is 5.10 Å². The van der Waals surface area contributed by atoms with Crippen LogP contribution in [0.1, 0.15) is 11.4 Å². The minimum atomic E-state index is -0.600. The Morgan fingerprint density at radius 3 is 2.94 bits per heavy atom. The Kier molecular flexibility index (Phi) is 2.97. The number of hydrogen-bond acceptors (Lipinski definition) is 5. The summed E-state index contributed by atoms with van der Waals surface area (Å²) in [6, 6.07) is 4.90. The summed E-state index contributed by atoms with van der Waals surface area (Å²) in [5, 5.41) is 23.1. The van der Waals surface area contributed by atoms with E-state index in [0.29, 0.717) is 0 Å². The summed E-state index contributed by atoms with van der Waals surface area (Å²) < 4.78 is 14.3. The Morgan fingerprint density at radius 2 is 2.33 bits per heavy atom. The number of nitriles is 1. The molecule has 0 aliphatic carbocycles. The quantitative estimate of drug-likeness (QED) is 0.600. The number of benzene rings is 1. The molecule has 0 aliphatic heterocycles. The molecule has 2 aromatic rings. The Balaban J connectivity index is 2.36. The molecule has 90 valence electrons. The van der Waals surface area contributed by atoms with Crippen molar-refractivity contribution in [2.24, 2.45) is 0 Å². The van der Waals surface area contributed by atoms with Crippen molar-refractivity contribution < 1.29 is 9.31 Å². The van der Waals surface area contributed by atoms with E-state index < -0.39 is 10.7 Å². The molecule has 0 unspecified atom stereocenters. The summed E-state index contributed by atoms with van der Waals surface area (Å²) in [6.45, 7) is -0.0250. The predicted octanol–water partition coefficient (Wildman–Crippen LogP) is 1.25. The molecule has 0 radical (unpaired) electrons. The van der Waals surface area contributed by atoms with Gasteiger partial charge in [0.1, 0.15) is 18.2 Å². The van der Waals surface area contributed by atoms with E-state index in [4.69, 9.17) is 5.26 Å². The summed E-state index contributed by atoms with van der Waals surface area (Å²) in [5.41, 5.74) is -0.0419. The van der Waals surface area contributed by atoms with Gasteiger partial charge in [0.25, 0.3) is 11.5 Å². The fourth-order valence-electron chi connectivity index (χ4n) is 1.46. The van der Waals surface area contributed by atoms with Crippen LogP contribution in [0.25, 0.3) is 0 Å². The fourth-order valence-corrected chi connectivity index (χ4v) is 1.46. The number of halogens is 1. The maximum Gasteiger partial charge on any atom is 0.274 e. The first-order valence-electron chi connectivity index (χ1n) is 4.82. The predicted molar refractivity (Wildman–Crippen MR) is 56.9 cm³/mol. The second-order valence-electron chi connectivity index (χ2n) is 3.41. The zero-order valence-electron chi connectivity index (χ0n) is 8.95. The molecule has 1 aromatic carbocycles. The first-order chi connectivity index (χ1) is 8.60. The van der Waals surface area contributed by atoms with E-state index >= 15 is 0 Å². The first kappa shape index (κ1) is 11.7. The van der Waals surface area contributed by atoms with Gasteiger partial charge in [-0.2, -0.15) is 5.26 Å². The topological polar surface area (TPSA) is 97.6 Å². The minimum absolute atomic E-state index is 0.0250. The Bertz CT molecular complexity index is 646. The molecular formula is C10H6FN5O2. The summed E-state index contributed by atoms with van der Waals surface area (Å²) in [4.78, 5) is 13.8. The number of nitro benzene ring substituents is 1. The molecule has 0 aliphatic rings. The third-order valence-corrected chi connectivity index (χ3v) is 2.21. The van der Waals surface area contributed by atoms with Crippen LogP contribution in [-0.2, 0) is 6.54 Å². The van der Waals surface area contributed by atoms with Crippen LogP contribution in [0.4, 0.5) is 10.1 Å². The van der Waals surface area contributed by atoms with Crippen molar-refractivity contribution in [3.63, 3.8) is 0 Å². The number of aromatic nitrogens is 3. The summed E-state index contributed by atoms with van der Waals surface area (Å²) in [6.07, 6.45) is 1.26. The highest BCUT2D eigenvalue weighted by Crippen LogP contribution is 2.20. The minimum Gasteiger partial charge on any atom is -0.258 e. The molecule has 0 saturated heterocycles. The Morgan fingerprint density at radius 1 is 1.56 bits per heavy atom. The summed E-state index contributed by atoms with van der Waals surface area (Å²) in [5.74, 6) is -0.620. The molecule has 8 heteroatoms. The molecule has 1 aromatic heterocycles. The molecule has 0 spiro atoms. The normalized spacial score (nSPS) is 10.0. The van der Waals surface area contributed by atoms with Crippen molar-refractivity contribution in [1.82, 2.24) is 14.8 Å². The monoisotopic (exact) mass is 247 g/mol. The lowest BCUT2D eigenvalue weighted by atomic mass is 10.2. The standard InChI is InChI=1S/C10H6FN5O2/c11-8-1-2-9(16(17)18)7(3-8)5-15-6-13-10(4-12)14-15/h1-3,6H,5H2. The van der Waals surface area contributed by atoms with Gasteiger partial charge in [-0.05, 0) is 12.1 Å². The molecule has 18 heavy (non-hydrogen) atoms. The van der Waals surface area contributed by atoms with Gasteiger partial charge in [-0.25, -0.2) is 14.1 Å². The molecule has 0 atom stereocenters. The zero-order valence-corrected chi connectivity index (χ0v) is 8.95. The average molecular weight is 247 g/mol. The van der Waals surface area contributed by atoms with E-state index in [1.165, 1.54) is 11.0 Å². The number of hydrogen-bond donors (Lipinski definition) is 0. The highest BCUT2D eigenvalue weighted by Gasteiger charge is 2.15. The molecule has 7 nitrogen and oxygen atoms in total. The third-order valence-electron chi connectivity index (χ3n) is 2.21. The van der Waals surface area contributed by atoms with Crippen LogP contribution >= 0.6 is 0 Å². The molecule has 0 bridgehead atoms. The van der Waals surface area contributed by atoms with E-state index in [1.54, 1.807) is 6.07 Å². The van der Waals surface area contributed by atoms with E-state index in [9.17, 15) is 14.5 Å². The molecule has 0 N–H and O–H groups in total. The maximum atomic E-state index is 13.1. The molecule has 0 fully saturated rings. The van der Waals surface area contributed by atoms with E-state index in [-0.39, 0.29) is 23.6 Å². The molecule has 0 amide bonds. The SMILES string of the molecule is N#Cc1ncn(Cc2cc(F)ccc2[N+](=O)[O-])n1. The van der Waals surface area contributed by atoms with Gasteiger partial charge in [0.15, 0.2) is 0 Å². The highest BCUT2D eigenvalue weighted by atomic mass is 19.1. The van der Waals surface area contributed by atoms with Gasteiger partial charge in [0, 0.05) is 6.07 Å². The second kappa shape index (κ2) is 4.58. The average Bonchev–Trinajstić information content (AvgIpc) is 2.76. The molecule has 1 heterocycles. The smallest absolute Gasteiger partial charge is 0.258 e. The van der Waals surface area contributed by atoms with Gasteiger partial charge in [-0.1, -0.05) is 0 Å². The number of nitro groups is 1. The number of rotatable bonds is 3. The fraction of sp³-hybridized carbons (Fsp3) is 0.100. The largest absolute Gasteiger partial charge is 0.274 e. The van der Waals surface area contributed by atoms with Gasteiger partial charge in [0.2, 0.25) is 0 Å². The molecular weight excluding hydrogens is 241 g/mol. The van der Waals surface area contributed by atoms with Crippen LogP contribution in [-0.4, -0.2) is 19.7 Å². The lowest BCUT2D eigenvalue weighted by Gasteiger charge is -2.02. The van der Waals surface area contributed by atoms with Crippen LogP contribution < -0.4 is 0 Å². The first-order valence-corrected chi connectivity index (χ1v) is 4.82. The summed E-state index contributed by atoms with van der Waals surface area (Å²) in [7, 11) is 0.